The van der Waals surface area contributed by atoms with Crippen molar-refractivity contribution in [1.29, 1.82) is 0 Å². The predicted molar refractivity (Wildman–Crippen MR) is 129 cm³/mol. The minimum absolute atomic E-state index is 0.0792. The van der Waals surface area contributed by atoms with Gasteiger partial charge < -0.3 is 9.47 Å². The van der Waals surface area contributed by atoms with Gasteiger partial charge in [0.2, 0.25) is 0 Å². The third-order valence-electron chi connectivity index (χ3n) is 6.38. The van der Waals surface area contributed by atoms with Gasteiger partial charge in [0.25, 0.3) is 0 Å². The monoisotopic (exact) mass is 545 g/mol. The van der Waals surface area contributed by atoms with Gasteiger partial charge in [-0.05, 0) is 76.1 Å². The van der Waals surface area contributed by atoms with Gasteiger partial charge in [-0.15, -0.1) is 0 Å². The molecule has 0 N–H and O–H groups in total. The summed E-state index contributed by atoms with van der Waals surface area (Å²) in [5, 5.41) is -0.658. The van der Waals surface area contributed by atoms with Crippen molar-refractivity contribution in [3.05, 3.63) is 63.2 Å². The van der Waals surface area contributed by atoms with Gasteiger partial charge in [0.05, 0.1) is 16.1 Å². The van der Waals surface area contributed by atoms with Crippen molar-refractivity contribution in [2.45, 2.75) is 76.8 Å². The molecule has 0 unspecified atom stereocenters. The molecule has 0 radical (unpaired) electrons. The number of hydrogen-bond donors (Lipinski definition) is 0. The zero-order valence-electron chi connectivity index (χ0n) is 20.9. The lowest BCUT2D eigenvalue weighted by molar-refractivity contribution is -0.137. The van der Waals surface area contributed by atoms with Gasteiger partial charge in [-0.2, -0.15) is 13.2 Å². The van der Waals surface area contributed by atoms with E-state index >= 15 is 4.39 Å². The number of benzene rings is 2. The number of esters is 1. The molecule has 1 aliphatic heterocycles. The highest BCUT2D eigenvalue weighted by Gasteiger charge is 2.34. The third kappa shape index (κ3) is 6.93. The Bertz CT molecular complexity index is 1170. The molecular weight excluding hydrogens is 517 g/mol. The second-order valence-electron chi connectivity index (χ2n) is 10.7. The molecule has 2 aromatic carbocycles. The van der Waals surface area contributed by atoms with Gasteiger partial charge in [-0.1, -0.05) is 17.7 Å². The second kappa shape index (κ2) is 10.4. The first-order valence-corrected chi connectivity index (χ1v) is 12.6. The number of alkyl halides is 3. The number of halogens is 6. The molecule has 0 bridgehead atoms. The van der Waals surface area contributed by atoms with Crippen LogP contribution in [0.3, 0.4) is 0 Å². The smallest absolute Gasteiger partial charge is 0.416 e. The molecule has 10 heteroatoms. The Balaban J connectivity index is 1.44. The SMILES string of the molecule is CC(C)(C)OC(=O)c1cc(C2CC2)cc(CN2CCC(Oc3cc(C(F)(F)F)cc(Cl)c3F)CC2)c1F. The summed E-state index contributed by atoms with van der Waals surface area (Å²) in [5.74, 6) is -2.59. The molecule has 1 aliphatic carbocycles. The van der Waals surface area contributed by atoms with Gasteiger partial charge in [-0.25, -0.2) is 13.6 Å². The van der Waals surface area contributed by atoms with E-state index in [9.17, 15) is 22.4 Å². The molecule has 1 saturated carbocycles. The molecule has 0 aromatic heterocycles. The molecule has 0 spiro atoms. The first kappa shape index (κ1) is 27.6. The van der Waals surface area contributed by atoms with Gasteiger partial charge in [0, 0.05) is 25.2 Å². The summed E-state index contributed by atoms with van der Waals surface area (Å²) in [6.45, 7) is 6.32. The van der Waals surface area contributed by atoms with Gasteiger partial charge in [0.15, 0.2) is 11.6 Å². The number of likely N-dealkylation sites (tertiary alicyclic amines) is 1. The zero-order chi connectivity index (χ0) is 27.1. The number of carbonyl (C=O) groups is 1. The Kier molecular flexibility index (Phi) is 7.77. The summed E-state index contributed by atoms with van der Waals surface area (Å²) < 4.78 is 80.0. The Morgan fingerprint density at radius 1 is 1.00 bits per heavy atom. The summed E-state index contributed by atoms with van der Waals surface area (Å²) in [6.07, 6.45) is -2.44. The van der Waals surface area contributed by atoms with Crippen LogP contribution >= 0.6 is 11.6 Å². The van der Waals surface area contributed by atoms with E-state index in [1.165, 1.54) is 0 Å². The molecule has 4 rings (SSSR count). The Morgan fingerprint density at radius 2 is 1.65 bits per heavy atom. The summed E-state index contributed by atoms with van der Waals surface area (Å²) >= 11 is 5.65. The van der Waals surface area contributed by atoms with Crippen LogP contribution in [0.5, 0.6) is 5.75 Å². The molecule has 2 fully saturated rings. The van der Waals surface area contributed by atoms with Crippen molar-refractivity contribution in [3.8, 4) is 5.75 Å². The van der Waals surface area contributed by atoms with Crippen molar-refractivity contribution < 1.29 is 36.2 Å². The molecule has 0 amide bonds. The van der Waals surface area contributed by atoms with E-state index in [1.54, 1.807) is 32.9 Å². The molecule has 202 valence electrons. The average molecular weight is 546 g/mol. The van der Waals surface area contributed by atoms with E-state index in [1.807, 2.05) is 4.90 Å². The Labute approximate surface area is 217 Å². The molecule has 1 saturated heterocycles. The van der Waals surface area contributed by atoms with Crippen molar-refractivity contribution >= 4 is 17.6 Å². The van der Waals surface area contributed by atoms with Crippen LogP contribution in [-0.2, 0) is 17.5 Å². The van der Waals surface area contributed by atoms with Crippen LogP contribution in [-0.4, -0.2) is 35.7 Å². The number of ether oxygens (including phenoxy) is 2. The minimum atomic E-state index is -4.68. The lowest BCUT2D eigenvalue weighted by Gasteiger charge is -2.32. The van der Waals surface area contributed by atoms with E-state index in [0.29, 0.717) is 49.5 Å². The summed E-state index contributed by atoms with van der Waals surface area (Å²) in [5.41, 5.74) is -0.625. The average Bonchev–Trinajstić information content (AvgIpc) is 3.63. The number of hydrogen-bond acceptors (Lipinski definition) is 4. The first-order chi connectivity index (χ1) is 17.2. The van der Waals surface area contributed by atoms with Gasteiger partial charge in [0.1, 0.15) is 17.5 Å². The highest BCUT2D eigenvalue weighted by atomic mass is 35.5. The topological polar surface area (TPSA) is 38.8 Å². The van der Waals surface area contributed by atoms with Gasteiger partial charge >= 0.3 is 12.1 Å². The molecule has 1 heterocycles. The van der Waals surface area contributed by atoms with Crippen molar-refractivity contribution in [2.24, 2.45) is 0 Å². The van der Waals surface area contributed by atoms with E-state index in [2.05, 4.69) is 0 Å². The number of nitrogens with zero attached hydrogens (tertiary/aromatic N) is 1. The first-order valence-electron chi connectivity index (χ1n) is 12.2. The van der Waals surface area contributed by atoms with E-state index in [4.69, 9.17) is 21.1 Å². The Morgan fingerprint density at radius 3 is 2.22 bits per heavy atom. The predicted octanol–water partition coefficient (Wildman–Crippen LogP) is 7.51. The molecule has 4 nitrogen and oxygen atoms in total. The highest BCUT2D eigenvalue weighted by Crippen LogP contribution is 2.42. The number of rotatable bonds is 6. The summed E-state index contributed by atoms with van der Waals surface area (Å²) in [7, 11) is 0. The number of piperidine rings is 1. The molecule has 2 aliphatic rings. The maximum Gasteiger partial charge on any atom is 0.416 e. The maximum atomic E-state index is 15.4. The maximum absolute atomic E-state index is 15.4. The standard InChI is InChI=1S/C27H29ClF5NO3/c1-26(2,3)37-25(35)20-11-16(15-4-5-15)10-17(23(20)29)14-34-8-6-19(7-9-34)36-22-13-18(27(31,32)33)12-21(28)24(22)30/h10-13,15,19H,4-9,14H2,1-3H3. The fourth-order valence-corrected chi connectivity index (χ4v) is 4.59. The largest absolute Gasteiger partial charge is 0.487 e. The van der Waals surface area contributed by atoms with Crippen LogP contribution in [0.1, 0.15) is 79.4 Å². The van der Waals surface area contributed by atoms with Crippen molar-refractivity contribution in [2.75, 3.05) is 13.1 Å². The number of carbonyl (C=O) groups excluding carboxylic acids is 1. The van der Waals surface area contributed by atoms with Crippen molar-refractivity contribution in [1.82, 2.24) is 4.90 Å². The second-order valence-corrected chi connectivity index (χ2v) is 11.1. The van der Waals surface area contributed by atoms with E-state index in [0.717, 1.165) is 18.4 Å². The van der Waals surface area contributed by atoms with Gasteiger partial charge in [-0.3, -0.25) is 4.90 Å². The van der Waals surface area contributed by atoms with Crippen LogP contribution in [0.2, 0.25) is 5.02 Å². The van der Waals surface area contributed by atoms with Crippen molar-refractivity contribution in [3.63, 3.8) is 0 Å². The summed E-state index contributed by atoms with van der Waals surface area (Å²) in [6, 6.07) is 4.52. The lowest BCUT2D eigenvalue weighted by atomic mass is 9.99. The zero-order valence-corrected chi connectivity index (χ0v) is 21.6. The van der Waals surface area contributed by atoms with Crippen LogP contribution < -0.4 is 4.74 Å². The molecule has 2 aromatic rings. The summed E-state index contributed by atoms with van der Waals surface area (Å²) in [4.78, 5) is 14.6. The van der Waals surface area contributed by atoms with Crippen LogP contribution in [0.4, 0.5) is 22.0 Å². The molecule has 37 heavy (non-hydrogen) atoms. The third-order valence-corrected chi connectivity index (χ3v) is 6.66. The minimum Gasteiger partial charge on any atom is -0.487 e. The van der Waals surface area contributed by atoms with Crippen LogP contribution in [0, 0.1) is 11.6 Å². The Hall–Kier alpha value is -2.39. The van der Waals surface area contributed by atoms with Crippen LogP contribution in [0.15, 0.2) is 24.3 Å². The quantitative estimate of drug-likeness (QED) is 0.278. The molecular formula is C27H29ClF5NO3. The fraction of sp³-hybridized carbons (Fsp3) is 0.519. The van der Waals surface area contributed by atoms with E-state index < -0.39 is 51.8 Å². The van der Waals surface area contributed by atoms with E-state index in [-0.39, 0.29) is 12.1 Å². The lowest BCUT2D eigenvalue weighted by Crippen LogP contribution is -2.38. The molecule has 0 atom stereocenters. The fourth-order valence-electron chi connectivity index (χ4n) is 4.38. The normalized spacial score (nSPS) is 17.6. The van der Waals surface area contributed by atoms with Crippen LogP contribution in [0.25, 0.3) is 0 Å². The highest BCUT2D eigenvalue weighted by molar-refractivity contribution is 6.31.